The molecule has 0 aliphatic carbocycles. The molecule has 0 saturated carbocycles. The van der Waals surface area contributed by atoms with E-state index in [2.05, 4.69) is 4.98 Å². The van der Waals surface area contributed by atoms with Crippen molar-refractivity contribution in [2.45, 2.75) is 50.9 Å². The van der Waals surface area contributed by atoms with Crippen molar-refractivity contribution in [3.63, 3.8) is 0 Å². The maximum absolute atomic E-state index is 12.2. The monoisotopic (exact) mass is 354 g/mol. The lowest BCUT2D eigenvalue weighted by Gasteiger charge is -2.37. The molecule has 0 aromatic carbocycles. The molecule has 0 radical (unpaired) electrons. The van der Waals surface area contributed by atoms with Gasteiger partial charge in [-0.3, -0.25) is 4.98 Å². The smallest absolute Gasteiger partial charge is 0.214 e. The van der Waals surface area contributed by atoms with Crippen LogP contribution in [0.5, 0.6) is 0 Å². The number of rotatable bonds is 6. The van der Waals surface area contributed by atoms with Gasteiger partial charge in [-0.2, -0.15) is 0 Å². The maximum Gasteiger partial charge on any atom is 0.214 e. The summed E-state index contributed by atoms with van der Waals surface area (Å²) in [7, 11) is -3.10. The number of piperidine rings is 1. The normalized spacial score (nSPS) is 24.5. The first-order valence-electron chi connectivity index (χ1n) is 8.65. The summed E-state index contributed by atoms with van der Waals surface area (Å²) >= 11 is 0. The largest absolute Gasteiger partial charge is 0.372 e. The summed E-state index contributed by atoms with van der Waals surface area (Å²) in [6.07, 6.45) is 6.63. The second-order valence-electron chi connectivity index (χ2n) is 6.71. The van der Waals surface area contributed by atoms with E-state index in [4.69, 9.17) is 9.47 Å². The number of sulfonamides is 1. The van der Waals surface area contributed by atoms with E-state index in [1.807, 2.05) is 25.3 Å². The van der Waals surface area contributed by atoms with E-state index in [-0.39, 0.29) is 17.5 Å². The molecule has 0 amide bonds. The van der Waals surface area contributed by atoms with Crippen molar-refractivity contribution in [1.82, 2.24) is 9.29 Å². The highest BCUT2D eigenvalue weighted by molar-refractivity contribution is 7.89. The Morgan fingerprint density at radius 3 is 2.88 bits per heavy atom. The molecular formula is C17H26N2O4S. The maximum atomic E-state index is 12.2. The van der Waals surface area contributed by atoms with Crippen molar-refractivity contribution < 1.29 is 17.9 Å². The number of ether oxygens (including phenoxy) is 2. The fraction of sp³-hybridized carbons (Fsp3) is 0.706. The standard InChI is InChI=1S/C17H26N2O4S/c1-2-10-24(20,21)19-8-5-17(6-9-19)11-16(14-23-17)22-13-15-4-3-7-18-12-15/h3-4,7,12,16H,2,5-6,8-11,13-14H2,1H3/t16-/m0/s1. The van der Waals surface area contributed by atoms with E-state index in [1.54, 1.807) is 10.5 Å². The quantitative estimate of drug-likeness (QED) is 0.781. The van der Waals surface area contributed by atoms with E-state index in [0.717, 1.165) is 24.8 Å². The lowest BCUT2D eigenvalue weighted by atomic mass is 9.89. The van der Waals surface area contributed by atoms with Gasteiger partial charge in [-0.1, -0.05) is 13.0 Å². The van der Waals surface area contributed by atoms with Crippen molar-refractivity contribution in [2.75, 3.05) is 25.4 Å². The number of aromatic nitrogens is 1. The van der Waals surface area contributed by atoms with Crippen LogP contribution in [0.25, 0.3) is 0 Å². The first-order valence-corrected chi connectivity index (χ1v) is 10.3. The highest BCUT2D eigenvalue weighted by Crippen LogP contribution is 2.37. The van der Waals surface area contributed by atoms with Crippen LogP contribution < -0.4 is 0 Å². The van der Waals surface area contributed by atoms with Crippen LogP contribution in [0.3, 0.4) is 0 Å². The van der Waals surface area contributed by atoms with Crippen molar-refractivity contribution in [3.05, 3.63) is 30.1 Å². The summed E-state index contributed by atoms with van der Waals surface area (Å²) in [5, 5.41) is 0. The molecule has 2 aliphatic heterocycles. The van der Waals surface area contributed by atoms with Crippen LogP contribution in [0, 0.1) is 0 Å². The highest BCUT2D eigenvalue weighted by Gasteiger charge is 2.44. The van der Waals surface area contributed by atoms with E-state index in [0.29, 0.717) is 32.7 Å². The van der Waals surface area contributed by atoms with Crippen LogP contribution in [-0.2, 0) is 26.1 Å². The van der Waals surface area contributed by atoms with Gasteiger partial charge in [0.1, 0.15) is 0 Å². The van der Waals surface area contributed by atoms with Crippen molar-refractivity contribution in [2.24, 2.45) is 0 Å². The predicted molar refractivity (Wildman–Crippen MR) is 91.0 cm³/mol. The zero-order valence-electron chi connectivity index (χ0n) is 14.2. The van der Waals surface area contributed by atoms with Gasteiger partial charge in [0.25, 0.3) is 0 Å². The molecule has 2 saturated heterocycles. The van der Waals surface area contributed by atoms with Crippen LogP contribution >= 0.6 is 0 Å². The Hall–Kier alpha value is -1.02. The lowest BCUT2D eigenvalue weighted by molar-refractivity contribution is -0.0343. The molecule has 3 heterocycles. The lowest BCUT2D eigenvalue weighted by Crippen LogP contribution is -2.47. The molecule has 6 nitrogen and oxygen atoms in total. The van der Waals surface area contributed by atoms with Crippen LogP contribution in [0.15, 0.2) is 24.5 Å². The summed E-state index contributed by atoms with van der Waals surface area (Å²) in [5.41, 5.74) is 0.844. The van der Waals surface area contributed by atoms with E-state index in [1.165, 1.54) is 0 Å². The van der Waals surface area contributed by atoms with Gasteiger partial charge in [-0.05, 0) is 30.9 Å². The van der Waals surface area contributed by atoms with Gasteiger partial charge in [-0.15, -0.1) is 0 Å². The average molecular weight is 354 g/mol. The second kappa shape index (κ2) is 7.47. The number of hydrogen-bond acceptors (Lipinski definition) is 5. The van der Waals surface area contributed by atoms with Crippen molar-refractivity contribution >= 4 is 10.0 Å². The first kappa shape index (κ1) is 17.8. The van der Waals surface area contributed by atoms with Crippen LogP contribution in [-0.4, -0.2) is 54.9 Å². The Morgan fingerprint density at radius 2 is 2.21 bits per heavy atom. The summed E-state index contributed by atoms with van der Waals surface area (Å²) in [4.78, 5) is 4.09. The Morgan fingerprint density at radius 1 is 1.42 bits per heavy atom. The predicted octanol–water partition coefficient (Wildman–Crippen LogP) is 1.96. The molecule has 0 unspecified atom stereocenters. The summed E-state index contributed by atoms with van der Waals surface area (Å²) in [5.74, 6) is 0.234. The van der Waals surface area contributed by atoms with Crippen LogP contribution in [0.2, 0.25) is 0 Å². The molecule has 1 spiro atoms. The minimum Gasteiger partial charge on any atom is -0.372 e. The fourth-order valence-corrected chi connectivity index (χ4v) is 5.03. The third-order valence-corrected chi connectivity index (χ3v) is 6.95. The topological polar surface area (TPSA) is 68.7 Å². The van der Waals surface area contributed by atoms with E-state index in [9.17, 15) is 8.42 Å². The van der Waals surface area contributed by atoms with Gasteiger partial charge in [0.05, 0.1) is 30.7 Å². The summed E-state index contributed by atoms with van der Waals surface area (Å²) in [6.45, 7) is 4.12. The summed E-state index contributed by atoms with van der Waals surface area (Å²) < 4.78 is 37.9. The second-order valence-corrected chi connectivity index (χ2v) is 8.80. The SMILES string of the molecule is CCCS(=O)(=O)N1CCC2(CC1)C[C@H](OCc1cccnc1)CO2. The van der Waals surface area contributed by atoms with Crippen LogP contribution in [0.1, 0.15) is 38.2 Å². The number of pyridine rings is 1. The minimum atomic E-state index is -3.10. The Kier molecular flexibility index (Phi) is 5.54. The number of nitrogens with zero attached hydrogens (tertiary/aromatic N) is 2. The van der Waals surface area contributed by atoms with Gasteiger partial charge in [0.2, 0.25) is 10.0 Å². The van der Waals surface area contributed by atoms with E-state index >= 15 is 0 Å². The Balaban J connectivity index is 1.49. The van der Waals surface area contributed by atoms with Gasteiger partial charge < -0.3 is 9.47 Å². The molecule has 1 aromatic heterocycles. The number of hydrogen-bond donors (Lipinski definition) is 0. The van der Waals surface area contributed by atoms with Gasteiger partial charge in [0.15, 0.2) is 0 Å². The van der Waals surface area contributed by atoms with Gasteiger partial charge in [0, 0.05) is 31.9 Å². The van der Waals surface area contributed by atoms with Crippen molar-refractivity contribution in [3.8, 4) is 0 Å². The van der Waals surface area contributed by atoms with Gasteiger partial charge >= 0.3 is 0 Å². The zero-order valence-corrected chi connectivity index (χ0v) is 15.0. The van der Waals surface area contributed by atoms with Crippen molar-refractivity contribution in [1.29, 1.82) is 0 Å². The molecule has 7 heteroatoms. The third kappa shape index (κ3) is 4.14. The molecule has 2 fully saturated rings. The molecule has 0 N–H and O–H groups in total. The Labute approximate surface area is 144 Å². The third-order valence-electron chi connectivity index (χ3n) is 4.87. The van der Waals surface area contributed by atoms with Gasteiger partial charge in [-0.25, -0.2) is 12.7 Å². The first-order chi connectivity index (χ1) is 11.5. The molecule has 0 bridgehead atoms. The zero-order chi connectivity index (χ0) is 17.0. The summed E-state index contributed by atoms with van der Waals surface area (Å²) in [6, 6.07) is 3.90. The molecule has 3 rings (SSSR count). The molecule has 1 atom stereocenters. The average Bonchev–Trinajstić information content (AvgIpc) is 2.97. The highest BCUT2D eigenvalue weighted by atomic mass is 32.2. The molecule has 2 aliphatic rings. The minimum absolute atomic E-state index is 0.0732. The molecule has 1 aromatic rings. The fourth-order valence-electron chi connectivity index (χ4n) is 3.51. The Bertz CT molecular complexity index is 627. The molecule has 134 valence electrons. The molecule has 24 heavy (non-hydrogen) atoms. The van der Waals surface area contributed by atoms with E-state index < -0.39 is 10.0 Å². The van der Waals surface area contributed by atoms with Crippen LogP contribution in [0.4, 0.5) is 0 Å². The molecular weight excluding hydrogens is 328 g/mol.